The number of hydrogen-bond donors (Lipinski definition) is 5. The van der Waals surface area contributed by atoms with Gasteiger partial charge in [-0.15, -0.1) is 0 Å². The lowest BCUT2D eigenvalue weighted by molar-refractivity contribution is -0.237. The molecule has 26 heavy (non-hydrogen) atoms. The molecule has 7 atom stereocenters. The fourth-order valence-corrected chi connectivity index (χ4v) is 4.58. The second-order valence-corrected chi connectivity index (χ2v) is 7.75. The SMILES string of the molecule is CCC1CCCC(O)([C@@]2(O)[C@@H](C(O)Cc3cccnc3)OC(O)[C@@H]2O)C1. The Morgan fingerprint density at radius 1 is 1.35 bits per heavy atom. The summed E-state index contributed by atoms with van der Waals surface area (Å²) in [7, 11) is 0. The zero-order valence-corrected chi connectivity index (χ0v) is 15.0. The average molecular weight is 367 g/mol. The third-order valence-electron chi connectivity index (χ3n) is 6.11. The van der Waals surface area contributed by atoms with Gasteiger partial charge in [-0.25, -0.2) is 0 Å². The molecule has 1 saturated carbocycles. The lowest BCUT2D eigenvalue weighted by atomic mass is 9.64. The summed E-state index contributed by atoms with van der Waals surface area (Å²) >= 11 is 0. The molecule has 7 nitrogen and oxygen atoms in total. The number of aliphatic hydroxyl groups is 5. The van der Waals surface area contributed by atoms with Gasteiger partial charge in [-0.3, -0.25) is 4.98 Å². The van der Waals surface area contributed by atoms with Crippen LogP contribution >= 0.6 is 0 Å². The summed E-state index contributed by atoms with van der Waals surface area (Å²) in [4.78, 5) is 3.99. The summed E-state index contributed by atoms with van der Waals surface area (Å²) in [5.41, 5.74) is -3.06. The van der Waals surface area contributed by atoms with Crippen LogP contribution in [0.4, 0.5) is 0 Å². The summed E-state index contributed by atoms with van der Waals surface area (Å²) in [6.07, 6.45) is 0.490. The van der Waals surface area contributed by atoms with Gasteiger partial charge in [0.15, 0.2) is 11.9 Å². The summed E-state index contributed by atoms with van der Waals surface area (Å²) in [5, 5.41) is 53.8. The molecule has 1 aliphatic heterocycles. The molecule has 0 amide bonds. The van der Waals surface area contributed by atoms with Gasteiger partial charge in [-0.05, 0) is 30.4 Å². The van der Waals surface area contributed by atoms with E-state index < -0.39 is 35.8 Å². The van der Waals surface area contributed by atoms with Crippen LogP contribution in [0.1, 0.15) is 44.6 Å². The van der Waals surface area contributed by atoms with Crippen molar-refractivity contribution in [2.24, 2.45) is 5.92 Å². The average Bonchev–Trinajstić information content (AvgIpc) is 2.88. The predicted octanol–water partition coefficient (Wildman–Crippen LogP) is 0.126. The molecule has 0 aromatic carbocycles. The molecule has 1 aromatic rings. The topological polar surface area (TPSA) is 123 Å². The molecule has 2 heterocycles. The van der Waals surface area contributed by atoms with E-state index in [1.165, 1.54) is 0 Å². The molecule has 2 fully saturated rings. The molecule has 0 spiro atoms. The van der Waals surface area contributed by atoms with Gasteiger partial charge in [-0.2, -0.15) is 0 Å². The van der Waals surface area contributed by atoms with Crippen LogP contribution in [-0.4, -0.2) is 66.3 Å². The summed E-state index contributed by atoms with van der Waals surface area (Å²) in [6, 6.07) is 3.51. The van der Waals surface area contributed by atoms with Gasteiger partial charge < -0.3 is 30.3 Å². The molecule has 3 rings (SSSR count). The van der Waals surface area contributed by atoms with Crippen molar-refractivity contribution in [3.8, 4) is 0 Å². The first-order valence-corrected chi connectivity index (χ1v) is 9.35. The standard InChI is InChI=1S/C19H29NO6/c1-2-12-5-3-7-18(24,10-12)19(25)15(22)17(23)26-16(19)14(21)9-13-6-4-8-20-11-13/h4,6,8,11-12,14-17,21-25H,2-3,5,7,9-10H2,1H3/t12?,14?,15-,16+,17?,18?,19-/m0/s1. The lowest BCUT2D eigenvalue weighted by Gasteiger charge is -2.49. The van der Waals surface area contributed by atoms with Gasteiger partial charge in [0.2, 0.25) is 0 Å². The molecule has 1 aliphatic carbocycles. The van der Waals surface area contributed by atoms with Crippen molar-refractivity contribution in [3.05, 3.63) is 30.1 Å². The first-order valence-electron chi connectivity index (χ1n) is 9.35. The summed E-state index contributed by atoms with van der Waals surface area (Å²) in [6.45, 7) is 2.02. The molecular weight excluding hydrogens is 338 g/mol. The van der Waals surface area contributed by atoms with Gasteiger partial charge in [0.25, 0.3) is 0 Å². The van der Waals surface area contributed by atoms with E-state index in [0.29, 0.717) is 12.8 Å². The maximum Gasteiger partial charge on any atom is 0.184 e. The van der Waals surface area contributed by atoms with E-state index in [0.717, 1.165) is 18.4 Å². The third-order valence-corrected chi connectivity index (χ3v) is 6.11. The van der Waals surface area contributed by atoms with Crippen molar-refractivity contribution >= 4 is 0 Å². The Kier molecular flexibility index (Phi) is 5.67. The zero-order valence-electron chi connectivity index (χ0n) is 15.0. The molecule has 2 aliphatic rings. The van der Waals surface area contributed by atoms with Gasteiger partial charge in [-0.1, -0.05) is 32.3 Å². The molecule has 4 unspecified atom stereocenters. The Bertz CT molecular complexity index is 601. The van der Waals surface area contributed by atoms with E-state index in [1.807, 2.05) is 6.92 Å². The smallest absolute Gasteiger partial charge is 0.184 e. The zero-order chi connectivity index (χ0) is 18.9. The molecule has 0 bridgehead atoms. The highest BCUT2D eigenvalue weighted by molar-refractivity contribution is 5.18. The van der Waals surface area contributed by atoms with Crippen LogP contribution in [0.5, 0.6) is 0 Å². The molecule has 1 saturated heterocycles. The monoisotopic (exact) mass is 367 g/mol. The molecule has 7 heteroatoms. The minimum Gasteiger partial charge on any atom is -0.390 e. The molecule has 5 N–H and O–H groups in total. The predicted molar refractivity (Wildman–Crippen MR) is 93.0 cm³/mol. The minimum absolute atomic E-state index is 0.119. The van der Waals surface area contributed by atoms with Crippen LogP contribution in [-0.2, 0) is 11.2 Å². The fraction of sp³-hybridized carbons (Fsp3) is 0.737. The van der Waals surface area contributed by atoms with Gasteiger partial charge >= 0.3 is 0 Å². The van der Waals surface area contributed by atoms with Gasteiger partial charge in [0.05, 0.1) is 11.7 Å². The lowest BCUT2D eigenvalue weighted by Crippen LogP contribution is -2.68. The number of nitrogens with zero attached hydrogens (tertiary/aromatic N) is 1. The number of aromatic nitrogens is 1. The van der Waals surface area contributed by atoms with Crippen molar-refractivity contribution in [2.75, 3.05) is 0 Å². The van der Waals surface area contributed by atoms with E-state index in [1.54, 1.807) is 24.5 Å². The van der Waals surface area contributed by atoms with E-state index >= 15 is 0 Å². The van der Waals surface area contributed by atoms with E-state index in [2.05, 4.69) is 4.98 Å². The van der Waals surface area contributed by atoms with Crippen LogP contribution in [0.2, 0.25) is 0 Å². The highest BCUT2D eigenvalue weighted by Crippen LogP contribution is 2.48. The summed E-state index contributed by atoms with van der Waals surface area (Å²) < 4.78 is 5.34. The minimum atomic E-state index is -2.15. The Hall–Kier alpha value is -1.09. The normalized spacial score (nSPS) is 41.9. The first-order chi connectivity index (χ1) is 12.3. The van der Waals surface area contributed by atoms with E-state index in [-0.39, 0.29) is 18.8 Å². The molecule has 0 radical (unpaired) electrons. The molecular formula is C19H29NO6. The van der Waals surface area contributed by atoms with Gasteiger partial charge in [0.1, 0.15) is 12.2 Å². The number of ether oxygens (including phenoxy) is 1. The van der Waals surface area contributed by atoms with Crippen molar-refractivity contribution < 1.29 is 30.3 Å². The van der Waals surface area contributed by atoms with Crippen LogP contribution in [0.3, 0.4) is 0 Å². The maximum absolute atomic E-state index is 11.4. The van der Waals surface area contributed by atoms with Gasteiger partial charge in [0, 0.05) is 18.8 Å². The molecule has 146 valence electrons. The Morgan fingerprint density at radius 3 is 2.77 bits per heavy atom. The Morgan fingerprint density at radius 2 is 2.12 bits per heavy atom. The first kappa shape index (κ1) is 19.7. The summed E-state index contributed by atoms with van der Waals surface area (Å²) in [5.74, 6) is 0.207. The van der Waals surface area contributed by atoms with Crippen LogP contribution in [0.15, 0.2) is 24.5 Å². The quantitative estimate of drug-likeness (QED) is 0.501. The maximum atomic E-state index is 11.4. The second kappa shape index (κ2) is 7.50. The van der Waals surface area contributed by atoms with Crippen molar-refractivity contribution in [3.63, 3.8) is 0 Å². The highest BCUT2D eigenvalue weighted by atomic mass is 16.7. The van der Waals surface area contributed by atoms with E-state index in [9.17, 15) is 25.5 Å². The fourth-order valence-electron chi connectivity index (χ4n) is 4.58. The number of rotatable bonds is 5. The number of pyridine rings is 1. The molecule has 1 aromatic heterocycles. The van der Waals surface area contributed by atoms with Crippen molar-refractivity contribution in [2.45, 2.75) is 81.3 Å². The van der Waals surface area contributed by atoms with Crippen molar-refractivity contribution in [1.29, 1.82) is 0 Å². The second-order valence-electron chi connectivity index (χ2n) is 7.75. The highest BCUT2D eigenvalue weighted by Gasteiger charge is 2.67. The Balaban J connectivity index is 1.88. The Labute approximate surface area is 153 Å². The largest absolute Gasteiger partial charge is 0.390 e. The van der Waals surface area contributed by atoms with Crippen molar-refractivity contribution in [1.82, 2.24) is 4.98 Å². The van der Waals surface area contributed by atoms with Crippen LogP contribution < -0.4 is 0 Å². The van der Waals surface area contributed by atoms with Crippen LogP contribution in [0, 0.1) is 5.92 Å². The number of hydrogen-bond acceptors (Lipinski definition) is 7. The number of aliphatic hydroxyl groups excluding tert-OH is 3. The third kappa shape index (κ3) is 3.28. The van der Waals surface area contributed by atoms with E-state index in [4.69, 9.17) is 4.74 Å². The van der Waals surface area contributed by atoms with Crippen LogP contribution in [0.25, 0.3) is 0 Å².